The maximum Gasteiger partial charge on any atom is 0.319 e. The first-order valence-electron chi connectivity index (χ1n) is 15.6. The Labute approximate surface area is 235 Å². The normalized spacial score (nSPS) is 11.6. The van der Waals surface area contributed by atoms with Crippen LogP contribution in [-0.2, 0) is 65.4 Å². The second kappa shape index (κ2) is 18.8. The first-order chi connectivity index (χ1) is 18.5. The summed E-state index contributed by atoms with van der Waals surface area (Å²) in [7, 11) is -2.58. The molecule has 4 heteroatoms. The fourth-order valence-corrected chi connectivity index (χ4v) is 6.51. The lowest BCUT2D eigenvalue weighted by atomic mass is 9.90. The number of rotatable bonds is 20. The van der Waals surface area contributed by atoms with E-state index in [1.807, 2.05) is 0 Å². The molecule has 0 bridgehead atoms. The molecule has 0 radical (unpaired) electrons. The number of benzene rings is 2. The summed E-state index contributed by atoms with van der Waals surface area (Å²) < 4.78 is 24.4. The molecule has 214 valence electrons. The highest BCUT2D eigenvalue weighted by molar-refractivity contribution is 7.33. The van der Waals surface area contributed by atoms with E-state index in [4.69, 9.17) is 9.05 Å². The molecule has 0 fully saturated rings. The quantitative estimate of drug-likeness (QED) is 0.123. The zero-order valence-electron chi connectivity index (χ0n) is 25.3. The Morgan fingerprint density at radius 2 is 0.842 bits per heavy atom. The molecule has 0 aliphatic carbocycles. The van der Waals surface area contributed by atoms with Crippen LogP contribution >= 0.6 is 8.25 Å². The minimum atomic E-state index is -2.58. The van der Waals surface area contributed by atoms with Gasteiger partial charge in [-0.05, 0) is 95.9 Å². The standard InChI is InChI=1S/C34H55O3P/c1-7-13-15-17-19-27-21-23-29(33(11-5)31(27)9-3)25-36-38(35)37-26-30-24-22-28(20-18-16-14-8-2)32(10-4)34(30)12-6/h21-24,38H,7-20,25-26H2,1-6H3. The van der Waals surface area contributed by atoms with Crippen LogP contribution in [0.3, 0.4) is 0 Å². The van der Waals surface area contributed by atoms with Crippen LogP contribution in [-0.4, -0.2) is 0 Å². The van der Waals surface area contributed by atoms with Crippen LogP contribution in [0, 0.1) is 0 Å². The Morgan fingerprint density at radius 1 is 0.500 bits per heavy atom. The van der Waals surface area contributed by atoms with E-state index in [1.165, 1.54) is 84.7 Å². The Hall–Kier alpha value is -1.41. The Bertz CT molecular complexity index is 905. The maximum atomic E-state index is 12.8. The maximum absolute atomic E-state index is 12.8. The van der Waals surface area contributed by atoms with Crippen molar-refractivity contribution in [2.75, 3.05) is 0 Å². The first kappa shape index (κ1) is 32.8. The van der Waals surface area contributed by atoms with Crippen LogP contribution in [0.4, 0.5) is 0 Å². The molecule has 2 aromatic carbocycles. The van der Waals surface area contributed by atoms with Crippen molar-refractivity contribution in [3.8, 4) is 0 Å². The predicted octanol–water partition coefficient (Wildman–Crippen LogP) is 10.3. The van der Waals surface area contributed by atoms with Gasteiger partial charge in [0, 0.05) is 0 Å². The van der Waals surface area contributed by atoms with Crippen molar-refractivity contribution in [2.45, 2.75) is 145 Å². The third-order valence-corrected chi connectivity index (χ3v) is 8.72. The van der Waals surface area contributed by atoms with Crippen molar-refractivity contribution in [1.29, 1.82) is 0 Å². The third-order valence-electron chi connectivity index (χ3n) is 7.96. The van der Waals surface area contributed by atoms with Crippen molar-refractivity contribution in [1.82, 2.24) is 0 Å². The van der Waals surface area contributed by atoms with Crippen LogP contribution < -0.4 is 0 Å². The zero-order chi connectivity index (χ0) is 27.8. The van der Waals surface area contributed by atoms with E-state index in [0.717, 1.165) is 49.7 Å². The average Bonchev–Trinajstić information content (AvgIpc) is 2.94. The van der Waals surface area contributed by atoms with Crippen molar-refractivity contribution in [2.24, 2.45) is 0 Å². The lowest BCUT2D eigenvalue weighted by molar-refractivity contribution is 0.212. The van der Waals surface area contributed by atoms with Gasteiger partial charge in [-0.2, -0.15) is 0 Å². The molecule has 0 aromatic heterocycles. The molecule has 0 aliphatic rings. The van der Waals surface area contributed by atoms with Gasteiger partial charge in [-0.25, -0.2) is 0 Å². The summed E-state index contributed by atoms with van der Waals surface area (Å²) in [6, 6.07) is 8.91. The molecule has 0 aliphatic heterocycles. The summed E-state index contributed by atoms with van der Waals surface area (Å²) >= 11 is 0. The molecule has 0 heterocycles. The lowest BCUT2D eigenvalue weighted by Crippen LogP contribution is -2.05. The SMILES string of the molecule is CCCCCCc1ccc(CO[PH](=O)OCc2ccc(CCCCCC)c(CC)c2CC)c(CC)c1CC. The van der Waals surface area contributed by atoms with E-state index in [9.17, 15) is 4.57 Å². The van der Waals surface area contributed by atoms with E-state index in [2.05, 4.69) is 65.8 Å². The van der Waals surface area contributed by atoms with Crippen molar-refractivity contribution >= 4 is 8.25 Å². The van der Waals surface area contributed by atoms with Crippen molar-refractivity contribution < 1.29 is 13.6 Å². The van der Waals surface area contributed by atoms with Gasteiger partial charge < -0.3 is 9.05 Å². The topological polar surface area (TPSA) is 35.5 Å². The van der Waals surface area contributed by atoms with E-state index in [1.54, 1.807) is 0 Å². The van der Waals surface area contributed by atoms with Crippen LogP contribution in [0.1, 0.15) is 137 Å². The largest absolute Gasteiger partial charge is 0.319 e. The Kier molecular flexibility index (Phi) is 16.2. The smallest absolute Gasteiger partial charge is 0.306 e. The molecule has 3 nitrogen and oxygen atoms in total. The minimum Gasteiger partial charge on any atom is -0.306 e. The van der Waals surface area contributed by atoms with Gasteiger partial charge in [-0.15, -0.1) is 0 Å². The number of unbranched alkanes of at least 4 members (excludes halogenated alkanes) is 6. The molecule has 0 N–H and O–H groups in total. The molecular formula is C34H55O3P. The molecule has 0 saturated carbocycles. The molecular weight excluding hydrogens is 487 g/mol. The van der Waals surface area contributed by atoms with E-state index >= 15 is 0 Å². The molecule has 0 amide bonds. The van der Waals surface area contributed by atoms with E-state index in [0.29, 0.717) is 13.2 Å². The number of aryl methyl sites for hydroxylation is 2. The van der Waals surface area contributed by atoms with Gasteiger partial charge in [0.15, 0.2) is 0 Å². The van der Waals surface area contributed by atoms with Gasteiger partial charge in [0.25, 0.3) is 0 Å². The third kappa shape index (κ3) is 9.96. The second-order valence-electron chi connectivity index (χ2n) is 10.5. The number of hydrogen-bond donors (Lipinski definition) is 0. The fraction of sp³-hybridized carbons (Fsp3) is 0.647. The highest BCUT2D eigenvalue weighted by Crippen LogP contribution is 2.32. The average molecular weight is 543 g/mol. The summed E-state index contributed by atoms with van der Waals surface area (Å²) in [6.45, 7) is 14.1. The lowest BCUT2D eigenvalue weighted by Gasteiger charge is -2.18. The molecule has 0 spiro atoms. The monoisotopic (exact) mass is 542 g/mol. The molecule has 2 aromatic rings. The highest BCUT2D eigenvalue weighted by atomic mass is 31.1. The molecule has 38 heavy (non-hydrogen) atoms. The number of hydrogen-bond acceptors (Lipinski definition) is 3. The van der Waals surface area contributed by atoms with E-state index in [-0.39, 0.29) is 0 Å². The fourth-order valence-electron chi connectivity index (χ4n) is 5.88. The van der Waals surface area contributed by atoms with Crippen LogP contribution in [0.15, 0.2) is 24.3 Å². The highest BCUT2D eigenvalue weighted by Gasteiger charge is 2.14. The summed E-state index contributed by atoms with van der Waals surface area (Å²) in [5.74, 6) is 0. The Balaban J connectivity index is 2.01. The zero-order valence-corrected chi connectivity index (χ0v) is 26.3. The van der Waals surface area contributed by atoms with Gasteiger partial charge in [0.1, 0.15) is 0 Å². The van der Waals surface area contributed by atoms with Gasteiger partial charge in [0.2, 0.25) is 0 Å². The second-order valence-corrected chi connectivity index (χ2v) is 11.6. The molecule has 0 saturated heterocycles. The molecule has 2 rings (SSSR count). The molecule has 0 atom stereocenters. The summed E-state index contributed by atoms with van der Waals surface area (Å²) in [5.41, 5.74) is 10.9. The van der Waals surface area contributed by atoms with Gasteiger partial charge in [0.05, 0.1) is 13.2 Å². The summed E-state index contributed by atoms with van der Waals surface area (Å²) in [5, 5.41) is 0. The van der Waals surface area contributed by atoms with Crippen LogP contribution in [0.25, 0.3) is 0 Å². The minimum absolute atomic E-state index is 0.349. The summed E-state index contributed by atoms with van der Waals surface area (Å²) in [6.07, 6.45) is 16.5. The van der Waals surface area contributed by atoms with Crippen molar-refractivity contribution in [3.05, 3.63) is 68.8 Å². The summed E-state index contributed by atoms with van der Waals surface area (Å²) in [4.78, 5) is 0. The van der Waals surface area contributed by atoms with Crippen molar-refractivity contribution in [3.63, 3.8) is 0 Å². The van der Waals surface area contributed by atoms with Gasteiger partial charge >= 0.3 is 8.25 Å². The van der Waals surface area contributed by atoms with E-state index < -0.39 is 8.25 Å². The van der Waals surface area contributed by atoms with Crippen LogP contribution in [0.2, 0.25) is 0 Å². The Morgan fingerprint density at radius 3 is 1.18 bits per heavy atom. The van der Waals surface area contributed by atoms with Gasteiger partial charge in [-0.1, -0.05) is 104 Å². The van der Waals surface area contributed by atoms with Gasteiger partial charge in [-0.3, -0.25) is 4.57 Å². The molecule has 0 unspecified atom stereocenters. The first-order valence-corrected chi connectivity index (χ1v) is 16.8. The van der Waals surface area contributed by atoms with Crippen LogP contribution in [0.5, 0.6) is 0 Å². The predicted molar refractivity (Wildman–Crippen MR) is 165 cm³/mol.